The number of nitrogens with zero attached hydrogens (tertiary/aromatic N) is 5. The van der Waals surface area contributed by atoms with Crippen LogP contribution in [0.4, 0.5) is 0 Å². The summed E-state index contributed by atoms with van der Waals surface area (Å²) in [4.78, 5) is 22.6. The first kappa shape index (κ1) is 18.5. The van der Waals surface area contributed by atoms with Crippen molar-refractivity contribution in [2.75, 3.05) is 25.1 Å². The second-order valence-electron chi connectivity index (χ2n) is 7.18. The molecule has 4 heterocycles. The molecule has 1 fully saturated rings. The van der Waals surface area contributed by atoms with Crippen LogP contribution in [-0.2, 0) is 14.6 Å². The average Bonchev–Trinajstić information content (AvgIpc) is 3.11. The van der Waals surface area contributed by atoms with Crippen LogP contribution in [-0.4, -0.2) is 63.9 Å². The quantitative estimate of drug-likeness (QED) is 0.660. The summed E-state index contributed by atoms with van der Waals surface area (Å²) in [5, 5.41) is 4.62. The molecule has 1 saturated heterocycles. The Morgan fingerprint density at radius 3 is 2.86 bits per heavy atom. The Labute approximate surface area is 163 Å². The highest BCUT2D eigenvalue weighted by Crippen LogP contribution is 2.26. The number of amides is 1. The molecule has 146 valence electrons. The lowest BCUT2D eigenvalue weighted by Crippen LogP contribution is -2.42. The fourth-order valence-electron chi connectivity index (χ4n) is 3.51. The van der Waals surface area contributed by atoms with E-state index in [1.807, 2.05) is 30.5 Å². The summed E-state index contributed by atoms with van der Waals surface area (Å²) in [5.41, 5.74) is 2.73. The van der Waals surface area contributed by atoms with Crippen LogP contribution in [0.5, 0.6) is 0 Å². The summed E-state index contributed by atoms with van der Waals surface area (Å²) < 4.78 is 24.6. The Bertz CT molecular complexity index is 1110. The fourth-order valence-corrected chi connectivity index (χ4v) is 4.14. The molecule has 1 aliphatic heterocycles. The van der Waals surface area contributed by atoms with Gasteiger partial charge in [-0.1, -0.05) is 6.07 Å². The van der Waals surface area contributed by atoms with E-state index in [1.54, 1.807) is 21.8 Å². The van der Waals surface area contributed by atoms with Gasteiger partial charge in [0.1, 0.15) is 5.75 Å². The minimum atomic E-state index is -3.34. The lowest BCUT2D eigenvalue weighted by molar-refractivity contribution is -0.129. The molecule has 0 N–H and O–H groups in total. The molecule has 0 aromatic carbocycles. The predicted molar refractivity (Wildman–Crippen MR) is 104 cm³/mol. The molecule has 0 spiro atoms. The van der Waals surface area contributed by atoms with Crippen molar-refractivity contribution in [2.24, 2.45) is 0 Å². The SMILES string of the molecule is CS(=O)(=O)CC(=O)N1CCC[C@H](c2nc3ccc(-c4cccnc4)cn3n2)C1. The molecule has 0 aliphatic carbocycles. The zero-order valence-electron chi connectivity index (χ0n) is 15.5. The zero-order valence-corrected chi connectivity index (χ0v) is 16.3. The van der Waals surface area contributed by atoms with Crippen molar-refractivity contribution in [3.63, 3.8) is 0 Å². The van der Waals surface area contributed by atoms with E-state index in [-0.39, 0.29) is 11.8 Å². The molecular weight excluding hydrogens is 378 g/mol. The van der Waals surface area contributed by atoms with Gasteiger partial charge in [-0.2, -0.15) is 5.10 Å². The number of piperidine rings is 1. The number of rotatable bonds is 4. The van der Waals surface area contributed by atoms with E-state index in [9.17, 15) is 13.2 Å². The standard InChI is InChI=1S/C19H21N5O3S/c1-28(26,27)13-18(25)23-9-3-5-16(11-23)19-21-17-7-6-15(12-24(17)22-19)14-4-2-8-20-10-14/h2,4,6-8,10,12,16H,3,5,9,11,13H2,1H3/t16-/m0/s1. The van der Waals surface area contributed by atoms with Crippen LogP contribution in [0.15, 0.2) is 42.9 Å². The third-order valence-corrected chi connectivity index (χ3v) is 5.64. The van der Waals surface area contributed by atoms with Gasteiger partial charge in [0, 0.05) is 55.0 Å². The largest absolute Gasteiger partial charge is 0.341 e. The van der Waals surface area contributed by atoms with Gasteiger partial charge in [-0.3, -0.25) is 9.78 Å². The van der Waals surface area contributed by atoms with Crippen molar-refractivity contribution >= 4 is 21.4 Å². The Balaban J connectivity index is 1.56. The molecule has 1 aliphatic rings. The lowest BCUT2D eigenvalue weighted by atomic mass is 9.97. The number of aromatic nitrogens is 4. The molecule has 9 heteroatoms. The molecule has 3 aromatic heterocycles. The van der Waals surface area contributed by atoms with Crippen molar-refractivity contribution in [1.82, 2.24) is 24.5 Å². The van der Waals surface area contributed by atoms with Crippen LogP contribution in [0.25, 0.3) is 16.8 Å². The number of hydrogen-bond donors (Lipinski definition) is 0. The Morgan fingerprint density at radius 2 is 2.11 bits per heavy atom. The van der Waals surface area contributed by atoms with Gasteiger partial charge >= 0.3 is 0 Å². The summed E-state index contributed by atoms with van der Waals surface area (Å²) in [7, 11) is -3.34. The van der Waals surface area contributed by atoms with Gasteiger partial charge in [0.25, 0.3) is 0 Å². The zero-order chi connectivity index (χ0) is 19.7. The van der Waals surface area contributed by atoms with Gasteiger partial charge in [0.15, 0.2) is 21.3 Å². The second kappa shape index (κ2) is 7.31. The average molecular weight is 399 g/mol. The number of fused-ring (bicyclic) bond motifs is 1. The van der Waals surface area contributed by atoms with Gasteiger partial charge in [-0.05, 0) is 31.0 Å². The van der Waals surface area contributed by atoms with E-state index < -0.39 is 15.6 Å². The van der Waals surface area contributed by atoms with Crippen molar-refractivity contribution in [3.05, 3.63) is 48.7 Å². The Kier molecular flexibility index (Phi) is 4.84. The topological polar surface area (TPSA) is 97.5 Å². The minimum absolute atomic E-state index is 0.000924. The van der Waals surface area contributed by atoms with Crippen LogP contribution in [0, 0.1) is 0 Å². The van der Waals surface area contributed by atoms with E-state index in [0.717, 1.165) is 35.9 Å². The van der Waals surface area contributed by atoms with E-state index in [0.29, 0.717) is 18.9 Å². The summed E-state index contributed by atoms with van der Waals surface area (Å²) >= 11 is 0. The van der Waals surface area contributed by atoms with E-state index in [2.05, 4.69) is 15.1 Å². The molecule has 0 radical (unpaired) electrons. The monoisotopic (exact) mass is 399 g/mol. The maximum Gasteiger partial charge on any atom is 0.237 e. The highest BCUT2D eigenvalue weighted by Gasteiger charge is 2.28. The molecule has 3 aromatic rings. The predicted octanol–water partition coefficient (Wildman–Crippen LogP) is 1.54. The molecule has 0 unspecified atom stereocenters. The van der Waals surface area contributed by atoms with Gasteiger partial charge in [-0.15, -0.1) is 0 Å². The van der Waals surface area contributed by atoms with Crippen LogP contribution >= 0.6 is 0 Å². The molecule has 8 nitrogen and oxygen atoms in total. The van der Waals surface area contributed by atoms with E-state index in [4.69, 9.17) is 0 Å². The minimum Gasteiger partial charge on any atom is -0.341 e. The van der Waals surface area contributed by atoms with E-state index >= 15 is 0 Å². The first-order valence-corrected chi connectivity index (χ1v) is 11.2. The first-order valence-electron chi connectivity index (χ1n) is 9.11. The molecule has 0 saturated carbocycles. The maximum absolute atomic E-state index is 12.3. The van der Waals surface area contributed by atoms with Crippen molar-refractivity contribution in [3.8, 4) is 11.1 Å². The van der Waals surface area contributed by atoms with Gasteiger partial charge in [-0.25, -0.2) is 17.9 Å². The third kappa shape index (κ3) is 4.04. The number of pyridine rings is 2. The smallest absolute Gasteiger partial charge is 0.237 e. The summed E-state index contributed by atoms with van der Waals surface area (Å²) in [6, 6.07) is 7.76. The van der Waals surface area contributed by atoms with E-state index in [1.165, 1.54) is 0 Å². The van der Waals surface area contributed by atoms with Crippen LogP contribution in [0.1, 0.15) is 24.6 Å². The summed E-state index contributed by atoms with van der Waals surface area (Å²) in [5.74, 6) is -0.124. The maximum atomic E-state index is 12.3. The third-order valence-electron chi connectivity index (χ3n) is 4.87. The van der Waals surface area contributed by atoms with Crippen LogP contribution in [0.2, 0.25) is 0 Å². The highest BCUT2D eigenvalue weighted by molar-refractivity contribution is 7.91. The number of hydrogen-bond acceptors (Lipinski definition) is 6. The number of carbonyl (C=O) groups is 1. The molecule has 28 heavy (non-hydrogen) atoms. The fraction of sp³-hybridized carbons (Fsp3) is 0.368. The molecule has 1 atom stereocenters. The molecule has 4 rings (SSSR count). The lowest BCUT2D eigenvalue weighted by Gasteiger charge is -2.31. The normalized spacial score (nSPS) is 17.8. The Hall–Kier alpha value is -2.81. The van der Waals surface area contributed by atoms with Crippen molar-refractivity contribution < 1.29 is 13.2 Å². The van der Waals surface area contributed by atoms with Crippen molar-refractivity contribution in [1.29, 1.82) is 0 Å². The molecule has 0 bridgehead atoms. The van der Waals surface area contributed by atoms with Gasteiger partial charge < -0.3 is 4.90 Å². The summed E-state index contributed by atoms with van der Waals surface area (Å²) in [6.45, 7) is 1.02. The van der Waals surface area contributed by atoms with Crippen LogP contribution in [0.3, 0.4) is 0 Å². The first-order chi connectivity index (χ1) is 13.4. The second-order valence-corrected chi connectivity index (χ2v) is 9.32. The van der Waals surface area contributed by atoms with Gasteiger partial charge in [0.05, 0.1) is 0 Å². The number of carbonyl (C=O) groups excluding carboxylic acids is 1. The molecular formula is C19H21N5O3S. The molecule has 1 amide bonds. The number of likely N-dealkylation sites (tertiary alicyclic amines) is 1. The highest BCUT2D eigenvalue weighted by atomic mass is 32.2. The van der Waals surface area contributed by atoms with Crippen molar-refractivity contribution in [2.45, 2.75) is 18.8 Å². The number of sulfone groups is 1. The summed E-state index contributed by atoms with van der Waals surface area (Å²) in [6.07, 6.45) is 8.20. The van der Waals surface area contributed by atoms with Crippen LogP contribution < -0.4 is 0 Å². The Morgan fingerprint density at radius 1 is 1.25 bits per heavy atom. The van der Waals surface area contributed by atoms with Gasteiger partial charge in [0.2, 0.25) is 5.91 Å².